The van der Waals surface area contributed by atoms with Crippen molar-refractivity contribution in [3.05, 3.63) is 22.3 Å². The van der Waals surface area contributed by atoms with E-state index in [1.54, 1.807) is 6.07 Å². The molecule has 1 aromatic heterocycles. The van der Waals surface area contributed by atoms with Crippen LogP contribution in [0.2, 0.25) is 0 Å². The van der Waals surface area contributed by atoms with Crippen molar-refractivity contribution in [2.24, 2.45) is 0 Å². The highest BCUT2D eigenvalue weighted by molar-refractivity contribution is 9.10. The number of nitrogens with zero attached hydrogens (tertiary/aromatic N) is 2. The molecule has 0 saturated carbocycles. The fourth-order valence-electron chi connectivity index (χ4n) is 1.72. The molecule has 16 heavy (non-hydrogen) atoms. The highest BCUT2D eigenvalue weighted by Gasteiger charge is 2.26. The van der Waals surface area contributed by atoms with E-state index in [0.717, 1.165) is 23.0 Å². The zero-order chi connectivity index (χ0) is 11.8. The molecule has 1 aliphatic rings. The molecule has 0 radical (unpaired) electrons. The smallest absolute Gasteiger partial charge is 0.236 e. The molecule has 0 unspecified atom stereocenters. The van der Waals surface area contributed by atoms with Crippen molar-refractivity contribution in [1.82, 2.24) is 4.98 Å². The Morgan fingerprint density at radius 2 is 2.12 bits per heavy atom. The number of pyridine rings is 1. The van der Waals surface area contributed by atoms with Gasteiger partial charge < -0.3 is 0 Å². The van der Waals surface area contributed by atoms with Crippen LogP contribution >= 0.6 is 15.9 Å². The molecule has 1 aliphatic heterocycles. The molecule has 1 saturated heterocycles. The van der Waals surface area contributed by atoms with Crippen molar-refractivity contribution < 1.29 is 8.42 Å². The zero-order valence-electron chi connectivity index (χ0n) is 8.98. The number of sulfonamides is 1. The van der Waals surface area contributed by atoms with Gasteiger partial charge in [0.15, 0.2) is 0 Å². The average Bonchev–Trinajstić information content (AvgIpc) is 2.22. The maximum atomic E-state index is 11.9. The van der Waals surface area contributed by atoms with Gasteiger partial charge in [-0.05, 0) is 47.8 Å². The molecule has 1 fully saturated rings. The maximum absolute atomic E-state index is 11.9. The normalized spacial score (nSPS) is 19.8. The van der Waals surface area contributed by atoms with Gasteiger partial charge in [-0.1, -0.05) is 0 Å². The summed E-state index contributed by atoms with van der Waals surface area (Å²) in [5.41, 5.74) is 0.804. The molecule has 0 atom stereocenters. The van der Waals surface area contributed by atoms with Gasteiger partial charge in [0.05, 0.1) is 11.4 Å². The molecule has 0 amide bonds. The molecule has 6 heteroatoms. The van der Waals surface area contributed by atoms with E-state index in [0.29, 0.717) is 12.4 Å². The molecule has 0 aromatic carbocycles. The van der Waals surface area contributed by atoms with Crippen LogP contribution in [0, 0.1) is 6.92 Å². The lowest BCUT2D eigenvalue weighted by molar-refractivity contribution is 0.573. The highest BCUT2D eigenvalue weighted by Crippen LogP contribution is 2.24. The fourth-order valence-corrected chi connectivity index (χ4v) is 3.52. The van der Waals surface area contributed by atoms with Crippen molar-refractivity contribution in [3.63, 3.8) is 0 Å². The minimum absolute atomic E-state index is 0.226. The lowest BCUT2D eigenvalue weighted by atomic mass is 10.3. The van der Waals surface area contributed by atoms with Gasteiger partial charge in [0.2, 0.25) is 10.0 Å². The molecule has 0 N–H and O–H groups in total. The minimum atomic E-state index is -3.15. The first-order valence-electron chi connectivity index (χ1n) is 5.14. The Balaban J connectivity index is 2.39. The van der Waals surface area contributed by atoms with Crippen LogP contribution in [0.3, 0.4) is 0 Å². The lowest BCUT2D eigenvalue weighted by Crippen LogP contribution is -2.38. The van der Waals surface area contributed by atoms with Crippen molar-refractivity contribution in [2.45, 2.75) is 19.8 Å². The molecule has 1 aromatic rings. The second-order valence-corrected chi connectivity index (χ2v) is 6.70. The van der Waals surface area contributed by atoms with Crippen molar-refractivity contribution in [1.29, 1.82) is 0 Å². The van der Waals surface area contributed by atoms with Crippen molar-refractivity contribution in [2.75, 3.05) is 16.6 Å². The van der Waals surface area contributed by atoms with E-state index < -0.39 is 10.0 Å². The zero-order valence-corrected chi connectivity index (χ0v) is 11.4. The van der Waals surface area contributed by atoms with E-state index in [2.05, 4.69) is 20.9 Å². The topological polar surface area (TPSA) is 50.3 Å². The molecule has 4 nitrogen and oxygen atoms in total. The lowest BCUT2D eigenvalue weighted by Gasteiger charge is -2.27. The third-order valence-corrected chi connectivity index (χ3v) is 5.30. The number of hydrogen-bond acceptors (Lipinski definition) is 3. The van der Waals surface area contributed by atoms with Gasteiger partial charge in [-0.15, -0.1) is 0 Å². The van der Waals surface area contributed by atoms with Gasteiger partial charge >= 0.3 is 0 Å². The minimum Gasteiger partial charge on any atom is -0.254 e. The van der Waals surface area contributed by atoms with Crippen molar-refractivity contribution in [3.8, 4) is 0 Å². The summed E-state index contributed by atoms with van der Waals surface area (Å²) < 4.78 is 26.0. The van der Waals surface area contributed by atoms with Crippen LogP contribution in [-0.4, -0.2) is 25.7 Å². The van der Waals surface area contributed by atoms with E-state index in [4.69, 9.17) is 0 Å². The maximum Gasteiger partial charge on any atom is 0.236 e. The van der Waals surface area contributed by atoms with Crippen LogP contribution < -0.4 is 4.31 Å². The van der Waals surface area contributed by atoms with Gasteiger partial charge in [0.25, 0.3) is 0 Å². The molecule has 0 aliphatic carbocycles. The Morgan fingerprint density at radius 3 is 2.75 bits per heavy atom. The molecule has 2 rings (SSSR count). The van der Waals surface area contributed by atoms with E-state index in [1.165, 1.54) is 4.31 Å². The molecular weight excluding hydrogens is 292 g/mol. The Hall–Kier alpha value is -0.620. The number of hydrogen-bond donors (Lipinski definition) is 0. The second kappa shape index (κ2) is 4.33. The molecule has 0 spiro atoms. The molecule has 2 heterocycles. The third-order valence-electron chi connectivity index (χ3n) is 2.61. The number of halogens is 1. The van der Waals surface area contributed by atoms with Crippen molar-refractivity contribution >= 4 is 31.8 Å². The first kappa shape index (κ1) is 11.9. The number of aryl methyl sites for hydroxylation is 1. The molecule has 0 bridgehead atoms. The van der Waals surface area contributed by atoms with Crippen LogP contribution in [0.5, 0.6) is 0 Å². The summed E-state index contributed by atoms with van der Waals surface area (Å²) in [5, 5.41) is 0. The molecule has 88 valence electrons. The average molecular weight is 305 g/mol. The largest absolute Gasteiger partial charge is 0.254 e. The summed E-state index contributed by atoms with van der Waals surface area (Å²) in [4.78, 5) is 4.29. The molecular formula is C10H13BrN2O2S. The third kappa shape index (κ3) is 2.22. The monoisotopic (exact) mass is 304 g/mol. The van der Waals surface area contributed by atoms with E-state index >= 15 is 0 Å². The second-order valence-electron chi connectivity index (χ2n) is 3.83. The van der Waals surface area contributed by atoms with E-state index in [9.17, 15) is 8.42 Å². The van der Waals surface area contributed by atoms with Gasteiger partial charge in [-0.2, -0.15) is 0 Å². The number of anilines is 1. The summed E-state index contributed by atoms with van der Waals surface area (Å²) in [5.74, 6) is 0.754. The van der Waals surface area contributed by atoms with Crippen LogP contribution in [0.25, 0.3) is 0 Å². The standard InChI is InChI=1S/C10H13BrN2O2S/c1-8-9(11)4-5-10(12-8)13-6-2-3-7-16(13,14)15/h4-5H,2-3,6-7H2,1H3. The van der Waals surface area contributed by atoms with Gasteiger partial charge in [-0.25, -0.2) is 13.4 Å². The Labute approximate surface area is 104 Å². The predicted octanol–water partition coefficient (Wildman–Crippen LogP) is 2.08. The number of rotatable bonds is 1. The van der Waals surface area contributed by atoms with Gasteiger partial charge in [0, 0.05) is 11.0 Å². The number of aromatic nitrogens is 1. The van der Waals surface area contributed by atoms with Crippen LogP contribution in [-0.2, 0) is 10.0 Å². The van der Waals surface area contributed by atoms with Crippen LogP contribution in [0.1, 0.15) is 18.5 Å². The van der Waals surface area contributed by atoms with Gasteiger partial charge in [-0.3, -0.25) is 4.31 Å². The van der Waals surface area contributed by atoms with E-state index in [-0.39, 0.29) is 5.75 Å². The Kier molecular flexibility index (Phi) is 3.21. The summed E-state index contributed by atoms with van der Waals surface area (Å²) in [6, 6.07) is 3.57. The summed E-state index contributed by atoms with van der Waals surface area (Å²) in [6.45, 7) is 2.39. The summed E-state index contributed by atoms with van der Waals surface area (Å²) in [6.07, 6.45) is 1.64. The summed E-state index contributed by atoms with van der Waals surface area (Å²) in [7, 11) is -3.15. The summed E-state index contributed by atoms with van der Waals surface area (Å²) >= 11 is 3.35. The Morgan fingerprint density at radius 1 is 1.38 bits per heavy atom. The van der Waals surface area contributed by atoms with E-state index in [1.807, 2.05) is 13.0 Å². The van der Waals surface area contributed by atoms with Gasteiger partial charge in [0.1, 0.15) is 5.82 Å². The Bertz CT molecular complexity index is 502. The van der Waals surface area contributed by atoms with Crippen LogP contribution in [0.4, 0.5) is 5.82 Å². The van der Waals surface area contributed by atoms with Crippen LogP contribution in [0.15, 0.2) is 16.6 Å². The first-order chi connectivity index (χ1) is 7.50. The quantitative estimate of drug-likeness (QED) is 0.798. The highest BCUT2D eigenvalue weighted by atomic mass is 79.9. The SMILES string of the molecule is Cc1nc(N2CCCCS2(=O)=O)ccc1Br. The fraction of sp³-hybridized carbons (Fsp3) is 0.500. The first-order valence-corrected chi connectivity index (χ1v) is 7.54. The predicted molar refractivity (Wildman–Crippen MR) is 67.0 cm³/mol.